The minimum absolute atomic E-state index is 0.223. The first-order valence-corrected chi connectivity index (χ1v) is 5.17. The molecule has 17 heavy (non-hydrogen) atoms. The lowest BCUT2D eigenvalue weighted by atomic mass is 10.2. The molecule has 0 fully saturated rings. The Morgan fingerprint density at radius 1 is 1.35 bits per heavy atom. The largest absolute Gasteiger partial charge is 0.399 e. The van der Waals surface area contributed by atoms with E-state index in [1.165, 1.54) is 18.6 Å². The molecule has 1 aromatic carbocycles. The maximum Gasteiger partial charge on any atom is 0.275 e. The third-order valence-electron chi connectivity index (χ3n) is 2.04. The number of carbonyl (C=O) groups is 1. The lowest BCUT2D eigenvalue weighted by Crippen LogP contribution is -2.14. The van der Waals surface area contributed by atoms with Gasteiger partial charge >= 0.3 is 0 Å². The Labute approximate surface area is 103 Å². The summed E-state index contributed by atoms with van der Waals surface area (Å²) in [6, 6.07) is 4.85. The van der Waals surface area contributed by atoms with Gasteiger partial charge in [0.25, 0.3) is 5.91 Å². The van der Waals surface area contributed by atoms with E-state index in [9.17, 15) is 4.79 Å². The van der Waals surface area contributed by atoms with Crippen LogP contribution in [0.1, 0.15) is 10.5 Å². The molecule has 0 saturated carbocycles. The SMILES string of the molecule is Nc1ccc(NC(=O)c2cnccn2)c(Cl)c1. The van der Waals surface area contributed by atoms with E-state index in [4.69, 9.17) is 17.3 Å². The molecule has 2 aromatic rings. The van der Waals surface area contributed by atoms with Crippen molar-refractivity contribution in [1.29, 1.82) is 0 Å². The minimum Gasteiger partial charge on any atom is -0.399 e. The van der Waals surface area contributed by atoms with Crippen molar-refractivity contribution in [2.45, 2.75) is 0 Å². The Hall–Kier alpha value is -2.14. The molecule has 1 heterocycles. The zero-order valence-corrected chi connectivity index (χ0v) is 9.48. The average molecular weight is 249 g/mol. The summed E-state index contributed by atoms with van der Waals surface area (Å²) >= 11 is 5.93. The molecule has 0 radical (unpaired) electrons. The second-order valence-electron chi connectivity index (χ2n) is 3.28. The topological polar surface area (TPSA) is 80.9 Å². The van der Waals surface area contributed by atoms with Crippen molar-refractivity contribution in [3.63, 3.8) is 0 Å². The maximum absolute atomic E-state index is 11.7. The number of hydrogen-bond donors (Lipinski definition) is 2. The van der Waals surface area contributed by atoms with Gasteiger partial charge in [0.2, 0.25) is 0 Å². The van der Waals surface area contributed by atoms with Crippen LogP contribution in [0.3, 0.4) is 0 Å². The normalized spacial score (nSPS) is 9.94. The van der Waals surface area contributed by atoms with Gasteiger partial charge in [0.05, 0.1) is 16.9 Å². The van der Waals surface area contributed by atoms with Crippen LogP contribution in [0.5, 0.6) is 0 Å². The molecule has 5 nitrogen and oxygen atoms in total. The molecule has 0 aliphatic heterocycles. The third-order valence-corrected chi connectivity index (χ3v) is 2.35. The summed E-state index contributed by atoms with van der Waals surface area (Å²) in [6.45, 7) is 0. The zero-order chi connectivity index (χ0) is 12.3. The molecule has 0 spiro atoms. The van der Waals surface area contributed by atoms with E-state index >= 15 is 0 Å². The highest BCUT2D eigenvalue weighted by atomic mass is 35.5. The van der Waals surface area contributed by atoms with Crippen LogP contribution in [0.25, 0.3) is 0 Å². The van der Waals surface area contributed by atoms with Gasteiger partial charge in [-0.05, 0) is 18.2 Å². The fraction of sp³-hybridized carbons (Fsp3) is 0. The van der Waals surface area contributed by atoms with Gasteiger partial charge in [0.15, 0.2) is 0 Å². The number of aromatic nitrogens is 2. The number of rotatable bonds is 2. The lowest BCUT2D eigenvalue weighted by molar-refractivity contribution is 0.102. The summed E-state index contributed by atoms with van der Waals surface area (Å²) in [5.41, 5.74) is 6.79. The van der Waals surface area contributed by atoms with E-state index in [1.54, 1.807) is 18.2 Å². The molecule has 3 N–H and O–H groups in total. The third kappa shape index (κ3) is 2.70. The van der Waals surface area contributed by atoms with Crippen molar-refractivity contribution >= 4 is 28.9 Å². The molecule has 0 atom stereocenters. The van der Waals surface area contributed by atoms with E-state index in [2.05, 4.69) is 15.3 Å². The molecular weight excluding hydrogens is 240 g/mol. The highest BCUT2D eigenvalue weighted by molar-refractivity contribution is 6.34. The predicted molar refractivity (Wildman–Crippen MR) is 65.8 cm³/mol. The van der Waals surface area contributed by atoms with E-state index in [-0.39, 0.29) is 11.6 Å². The zero-order valence-electron chi connectivity index (χ0n) is 8.72. The molecule has 6 heteroatoms. The molecular formula is C11H9ClN4O. The van der Waals surface area contributed by atoms with Gasteiger partial charge in [-0.1, -0.05) is 11.6 Å². The van der Waals surface area contributed by atoms with Gasteiger partial charge in [-0.3, -0.25) is 9.78 Å². The van der Waals surface area contributed by atoms with Crippen molar-refractivity contribution in [3.05, 3.63) is 47.5 Å². The Kier molecular flexibility index (Phi) is 3.20. The number of halogens is 1. The second kappa shape index (κ2) is 4.80. The fourth-order valence-electron chi connectivity index (χ4n) is 1.24. The quantitative estimate of drug-likeness (QED) is 0.796. The van der Waals surface area contributed by atoms with E-state index in [0.717, 1.165) is 0 Å². The van der Waals surface area contributed by atoms with Crippen molar-refractivity contribution < 1.29 is 4.79 Å². The van der Waals surface area contributed by atoms with Crippen molar-refractivity contribution in [1.82, 2.24) is 9.97 Å². The van der Waals surface area contributed by atoms with Crippen LogP contribution < -0.4 is 11.1 Å². The van der Waals surface area contributed by atoms with Crippen LogP contribution >= 0.6 is 11.6 Å². The van der Waals surface area contributed by atoms with Gasteiger partial charge in [0, 0.05) is 18.1 Å². The number of nitrogens with two attached hydrogens (primary N) is 1. The Bertz CT molecular complexity index is 544. The monoisotopic (exact) mass is 248 g/mol. The van der Waals surface area contributed by atoms with Gasteiger partial charge in [-0.2, -0.15) is 0 Å². The summed E-state index contributed by atoms with van der Waals surface area (Å²) in [5, 5.41) is 3.00. The number of nitrogen functional groups attached to an aromatic ring is 1. The smallest absolute Gasteiger partial charge is 0.275 e. The molecule has 0 bridgehead atoms. The van der Waals surface area contributed by atoms with Gasteiger partial charge in [0.1, 0.15) is 5.69 Å². The second-order valence-corrected chi connectivity index (χ2v) is 3.69. The number of nitrogens with zero attached hydrogens (tertiary/aromatic N) is 2. The number of carbonyl (C=O) groups excluding carboxylic acids is 1. The molecule has 0 aliphatic carbocycles. The highest BCUT2D eigenvalue weighted by Gasteiger charge is 2.09. The van der Waals surface area contributed by atoms with Crippen molar-refractivity contribution in [2.75, 3.05) is 11.1 Å². The molecule has 0 unspecified atom stereocenters. The first-order valence-electron chi connectivity index (χ1n) is 4.79. The Morgan fingerprint density at radius 2 is 2.18 bits per heavy atom. The van der Waals surface area contributed by atoms with Crippen molar-refractivity contribution in [3.8, 4) is 0 Å². The number of benzene rings is 1. The van der Waals surface area contributed by atoms with Crippen LogP contribution in [0, 0.1) is 0 Å². The molecule has 2 rings (SSSR count). The van der Waals surface area contributed by atoms with Gasteiger partial charge < -0.3 is 11.1 Å². The molecule has 1 amide bonds. The molecule has 0 aliphatic rings. The maximum atomic E-state index is 11.7. The summed E-state index contributed by atoms with van der Waals surface area (Å²) < 4.78 is 0. The summed E-state index contributed by atoms with van der Waals surface area (Å²) in [4.78, 5) is 19.4. The molecule has 1 aromatic heterocycles. The minimum atomic E-state index is -0.371. The highest BCUT2D eigenvalue weighted by Crippen LogP contribution is 2.24. The number of amides is 1. The Morgan fingerprint density at radius 3 is 2.82 bits per heavy atom. The van der Waals surface area contributed by atoms with Gasteiger partial charge in [-0.15, -0.1) is 0 Å². The van der Waals surface area contributed by atoms with Crippen LogP contribution in [0.15, 0.2) is 36.8 Å². The fourth-order valence-corrected chi connectivity index (χ4v) is 1.47. The Balaban J connectivity index is 2.19. The molecule has 86 valence electrons. The van der Waals surface area contributed by atoms with Crippen LogP contribution in [0.2, 0.25) is 5.02 Å². The van der Waals surface area contributed by atoms with Crippen molar-refractivity contribution in [2.24, 2.45) is 0 Å². The summed E-state index contributed by atoms with van der Waals surface area (Å²) in [7, 11) is 0. The standard InChI is InChI=1S/C11H9ClN4O/c12-8-5-7(13)1-2-9(8)16-11(17)10-6-14-3-4-15-10/h1-6H,13H2,(H,16,17). The summed E-state index contributed by atoms with van der Waals surface area (Å²) in [6.07, 6.45) is 4.31. The molecule has 0 saturated heterocycles. The van der Waals surface area contributed by atoms with Crippen LogP contribution in [-0.2, 0) is 0 Å². The summed E-state index contributed by atoms with van der Waals surface area (Å²) in [5.74, 6) is -0.371. The van der Waals surface area contributed by atoms with E-state index in [1.807, 2.05) is 0 Å². The average Bonchev–Trinajstić information content (AvgIpc) is 2.34. The van der Waals surface area contributed by atoms with Gasteiger partial charge in [-0.25, -0.2) is 4.98 Å². The number of nitrogens with one attached hydrogen (secondary N) is 1. The van der Waals surface area contributed by atoms with Crippen LogP contribution in [-0.4, -0.2) is 15.9 Å². The first-order chi connectivity index (χ1) is 8.16. The predicted octanol–water partition coefficient (Wildman–Crippen LogP) is 1.96. The van der Waals surface area contributed by atoms with E-state index < -0.39 is 0 Å². The number of anilines is 2. The lowest BCUT2D eigenvalue weighted by Gasteiger charge is -2.06. The first kappa shape index (κ1) is 11.3. The van der Waals surface area contributed by atoms with Crippen LogP contribution in [0.4, 0.5) is 11.4 Å². The van der Waals surface area contributed by atoms with E-state index in [0.29, 0.717) is 16.4 Å². The number of hydrogen-bond acceptors (Lipinski definition) is 4.